The molecule has 1 aliphatic heterocycles. The zero-order valence-corrected chi connectivity index (χ0v) is 13.4. The highest BCUT2D eigenvalue weighted by Gasteiger charge is 2.14. The SMILES string of the molecule is CN1CCN(c2cccc(-c3ccc(CCl)c(=O)[nH]3)c2)CC1. The van der Waals surface area contributed by atoms with Crippen LogP contribution >= 0.6 is 11.6 Å². The molecule has 1 fully saturated rings. The Morgan fingerprint density at radius 3 is 2.59 bits per heavy atom. The predicted molar refractivity (Wildman–Crippen MR) is 91.8 cm³/mol. The van der Waals surface area contributed by atoms with Gasteiger partial charge in [-0.25, -0.2) is 0 Å². The van der Waals surface area contributed by atoms with Gasteiger partial charge in [-0.3, -0.25) is 4.79 Å². The number of nitrogens with zero attached hydrogens (tertiary/aromatic N) is 2. The summed E-state index contributed by atoms with van der Waals surface area (Å²) in [4.78, 5) is 19.5. The van der Waals surface area contributed by atoms with Crippen LogP contribution in [-0.4, -0.2) is 43.1 Å². The van der Waals surface area contributed by atoms with Crippen molar-refractivity contribution in [2.45, 2.75) is 5.88 Å². The van der Waals surface area contributed by atoms with Gasteiger partial charge in [-0.2, -0.15) is 0 Å². The number of anilines is 1. The topological polar surface area (TPSA) is 39.3 Å². The molecule has 0 saturated carbocycles. The van der Waals surface area contributed by atoms with Crippen molar-refractivity contribution >= 4 is 17.3 Å². The number of likely N-dealkylation sites (N-methyl/N-ethyl adjacent to an activating group) is 1. The first-order valence-corrected chi connectivity index (χ1v) is 8.03. The van der Waals surface area contributed by atoms with Crippen LogP contribution in [0.25, 0.3) is 11.3 Å². The molecular weight excluding hydrogens is 298 g/mol. The Morgan fingerprint density at radius 2 is 1.91 bits per heavy atom. The quantitative estimate of drug-likeness (QED) is 0.884. The van der Waals surface area contributed by atoms with E-state index in [0.29, 0.717) is 5.56 Å². The average Bonchev–Trinajstić information content (AvgIpc) is 2.55. The van der Waals surface area contributed by atoms with Crippen LogP contribution in [-0.2, 0) is 5.88 Å². The van der Waals surface area contributed by atoms with E-state index in [0.717, 1.165) is 37.4 Å². The van der Waals surface area contributed by atoms with Crippen LogP contribution in [0.3, 0.4) is 0 Å². The maximum atomic E-state index is 11.9. The fourth-order valence-corrected chi connectivity index (χ4v) is 2.92. The normalized spacial score (nSPS) is 16.0. The van der Waals surface area contributed by atoms with E-state index in [-0.39, 0.29) is 11.4 Å². The highest BCUT2D eigenvalue weighted by Crippen LogP contribution is 2.23. The summed E-state index contributed by atoms with van der Waals surface area (Å²) in [5.74, 6) is 0.233. The van der Waals surface area contributed by atoms with E-state index in [1.165, 1.54) is 5.69 Å². The molecule has 0 unspecified atom stereocenters. The summed E-state index contributed by atoms with van der Waals surface area (Å²) in [5, 5.41) is 0. The summed E-state index contributed by atoms with van der Waals surface area (Å²) >= 11 is 5.74. The summed E-state index contributed by atoms with van der Waals surface area (Å²) in [6, 6.07) is 12.0. The van der Waals surface area contributed by atoms with Crippen molar-refractivity contribution < 1.29 is 0 Å². The Labute approximate surface area is 135 Å². The molecule has 1 N–H and O–H groups in total. The molecule has 1 aliphatic rings. The smallest absolute Gasteiger partial charge is 0.252 e. The number of H-pyrrole nitrogens is 1. The van der Waals surface area contributed by atoms with Gasteiger partial charge in [-0.1, -0.05) is 18.2 Å². The lowest BCUT2D eigenvalue weighted by Gasteiger charge is -2.34. The van der Waals surface area contributed by atoms with Crippen LogP contribution in [0.1, 0.15) is 5.56 Å². The monoisotopic (exact) mass is 317 g/mol. The molecule has 22 heavy (non-hydrogen) atoms. The molecule has 1 aromatic carbocycles. The molecule has 0 atom stereocenters. The third-order valence-electron chi connectivity index (χ3n) is 4.16. The molecule has 116 valence electrons. The average molecular weight is 318 g/mol. The Bertz CT molecular complexity index is 705. The van der Waals surface area contributed by atoms with Gasteiger partial charge in [0.1, 0.15) is 0 Å². The number of pyridine rings is 1. The fourth-order valence-electron chi connectivity index (χ4n) is 2.71. The first kappa shape index (κ1) is 15.1. The maximum absolute atomic E-state index is 11.9. The predicted octanol–water partition coefficient (Wildman–Crippen LogP) is 2.53. The van der Waals surface area contributed by atoms with Crippen molar-refractivity contribution in [3.63, 3.8) is 0 Å². The van der Waals surface area contributed by atoms with Gasteiger partial charge < -0.3 is 14.8 Å². The summed E-state index contributed by atoms with van der Waals surface area (Å²) in [5.41, 5.74) is 3.54. The van der Waals surface area contributed by atoms with Gasteiger partial charge in [0, 0.05) is 48.7 Å². The number of alkyl halides is 1. The number of benzene rings is 1. The van der Waals surface area contributed by atoms with Crippen LogP contribution in [0, 0.1) is 0 Å². The number of piperazine rings is 1. The minimum Gasteiger partial charge on any atom is -0.369 e. The molecule has 0 bridgehead atoms. The van der Waals surface area contributed by atoms with Crippen molar-refractivity contribution in [1.82, 2.24) is 9.88 Å². The number of hydrogen-bond acceptors (Lipinski definition) is 3. The highest BCUT2D eigenvalue weighted by molar-refractivity contribution is 6.17. The second kappa shape index (κ2) is 6.55. The van der Waals surface area contributed by atoms with Crippen LogP contribution < -0.4 is 10.5 Å². The van der Waals surface area contributed by atoms with E-state index in [1.54, 1.807) is 6.07 Å². The zero-order valence-electron chi connectivity index (χ0n) is 12.7. The maximum Gasteiger partial charge on any atom is 0.252 e. The molecule has 0 radical (unpaired) electrons. The third-order valence-corrected chi connectivity index (χ3v) is 4.45. The number of aromatic amines is 1. The lowest BCUT2D eigenvalue weighted by atomic mass is 10.1. The number of hydrogen-bond donors (Lipinski definition) is 1. The molecule has 4 nitrogen and oxygen atoms in total. The van der Waals surface area contributed by atoms with E-state index in [1.807, 2.05) is 18.2 Å². The van der Waals surface area contributed by atoms with Gasteiger partial charge in [0.05, 0.1) is 5.88 Å². The minimum atomic E-state index is -0.113. The number of nitrogens with one attached hydrogen (secondary N) is 1. The molecule has 1 aromatic heterocycles. The van der Waals surface area contributed by atoms with Gasteiger partial charge in [-0.15, -0.1) is 11.6 Å². The van der Waals surface area contributed by atoms with Crippen LogP contribution in [0.2, 0.25) is 0 Å². The standard InChI is InChI=1S/C17H20ClN3O/c1-20-7-9-21(10-8-20)15-4-2-3-13(11-15)16-6-5-14(12-18)17(22)19-16/h2-6,11H,7-10,12H2,1H3,(H,19,22). The van der Waals surface area contributed by atoms with Gasteiger partial charge in [0.25, 0.3) is 5.56 Å². The summed E-state index contributed by atoms with van der Waals surface area (Å²) in [6.45, 7) is 4.21. The first-order chi connectivity index (χ1) is 10.7. The van der Waals surface area contributed by atoms with Crippen LogP contribution in [0.15, 0.2) is 41.2 Å². The second-order valence-electron chi connectivity index (χ2n) is 5.70. The minimum absolute atomic E-state index is 0.113. The molecule has 2 aromatic rings. The Morgan fingerprint density at radius 1 is 1.14 bits per heavy atom. The van der Waals surface area contributed by atoms with E-state index < -0.39 is 0 Å². The van der Waals surface area contributed by atoms with Gasteiger partial charge in [0.2, 0.25) is 0 Å². The van der Waals surface area contributed by atoms with Crippen molar-refractivity contribution in [3.8, 4) is 11.3 Å². The van der Waals surface area contributed by atoms with E-state index in [9.17, 15) is 4.79 Å². The van der Waals surface area contributed by atoms with Crippen molar-refractivity contribution in [2.24, 2.45) is 0 Å². The van der Waals surface area contributed by atoms with Crippen molar-refractivity contribution in [1.29, 1.82) is 0 Å². The Balaban J connectivity index is 1.88. The second-order valence-corrected chi connectivity index (χ2v) is 5.97. The zero-order chi connectivity index (χ0) is 15.5. The van der Waals surface area contributed by atoms with E-state index in [2.05, 4.69) is 34.0 Å². The molecule has 1 saturated heterocycles. The number of halogens is 1. The lowest BCUT2D eigenvalue weighted by molar-refractivity contribution is 0.313. The number of rotatable bonds is 3. The highest BCUT2D eigenvalue weighted by atomic mass is 35.5. The molecule has 0 aliphatic carbocycles. The van der Waals surface area contributed by atoms with Gasteiger partial charge >= 0.3 is 0 Å². The molecule has 0 spiro atoms. The molecule has 3 rings (SSSR count). The molecular formula is C17H20ClN3O. The molecule has 0 amide bonds. The van der Waals surface area contributed by atoms with Gasteiger partial charge in [0.15, 0.2) is 0 Å². The summed E-state index contributed by atoms with van der Waals surface area (Å²) < 4.78 is 0. The fraction of sp³-hybridized carbons (Fsp3) is 0.353. The summed E-state index contributed by atoms with van der Waals surface area (Å²) in [7, 11) is 2.15. The largest absolute Gasteiger partial charge is 0.369 e. The summed E-state index contributed by atoms with van der Waals surface area (Å²) in [6.07, 6.45) is 0. The van der Waals surface area contributed by atoms with E-state index >= 15 is 0 Å². The van der Waals surface area contributed by atoms with Crippen molar-refractivity contribution in [2.75, 3.05) is 38.1 Å². The Kier molecular flexibility index (Phi) is 4.50. The Hall–Kier alpha value is -1.78. The molecule has 5 heteroatoms. The van der Waals surface area contributed by atoms with Gasteiger partial charge in [-0.05, 0) is 25.2 Å². The molecule has 2 heterocycles. The van der Waals surface area contributed by atoms with Crippen molar-refractivity contribution in [3.05, 3.63) is 52.3 Å². The third kappa shape index (κ3) is 3.18. The number of aromatic nitrogens is 1. The van der Waals surface area contributed by atoms with E-state index in [4.69, 9.17) is 11.6 Å². The lowest BCUT2D eigenvalue weighted by Crippen LogP contribution is -2.44. The van der Waals surface area contributed by atoms with Crippen LogP contribution in [0.4, 0.5) is 5.69 Å². The first-order valence-electron chi connectivity index (χ1n) is 7.49. The van der Waals surface area contributed by atoms with Crippen LogP contribution in [0.5, 0.6) is 0 Å².